The zero-order valence-electron chi connectivity index (χ0n) is 10.9. The fraction of sp³-hybridized carbons (Fsp3) is 0.0714. The number of benzene rings is 1. The van der Waals surface area contributed by atoms with Crippen molar-refractivity contribution >= 4 is 17.3 Å². The summed E-state index contributed by atoms with van der Waals surface area (Å²) in [4.78, 5) is 3.05. The van der Waals surface area contributed by atoms with Crippen LogP contribution in [-0.4, -0.2) is 30.9 Å². The van der Waals surface area contributed by atoms with E-state index in [0.717, 1.165) is 11.4 Å². The summed E-state index contributed by atoms with van der Waals surface area (Å²) < 4.78 is 1.60. The number of nitrogens with one attached hydrogen (secondary N) is 1. The lowest BCUT2D eigenvalue weighted by Gasteiger charge is -2.00. The van der Waals surface area contributed by atoms with Crippen molar-refractivity contribution in [1.82, 2.24) is 20.0 Å². The lowest BCUT2D eigenvalue weighted by molar-refractivity contribution is 0.318. The van der Waals surface area contributed by atoms with Gasteiger partial charge in [-0.15, -0.1) is 5.10 Å². The predicted octanol–water partition coefficient (Wildman–Crippen LogP) is 2.67. The minimum absolute atomic E-state index is 0.442. The molecule has 2 heterocycles. The molecule has 7 heteroatoms. The highest BCUT2D eigenvalue weighted by molar-refractivity contribution is 6.30. The molecule has 0 bridgehead atoms. The molecule has 106 valence electrons. The van der Waals surface area contributed by atoms with Crippen LogP contribution in [-0.2, 0) is 6.42 Å². The van der Waals surface area contributed by atoms with E-state index >= 15 is 0 Å². The molecule has 0 aliphatic rings. The molecule has 0 fully saturated rings. The maximum absolute atomic E-state index is 9.17. The third kappa shape index (κ3) is 2.95. The molecule has 0 aliphatic carbocycles. The summed E-state index contributed by atoms with van der Waals surface area (Å²) in [5.74, 6) is 0. The van der Waals surface area contributed by atoms with Crippen LogP contribution in [0, 0.1) is 0 Å². The first-order valence-corrected chi connectivity index (χ1v) is 6.66. The molecule has 0 spiro atoms. The SMILES string of the molecule is O/N=C(\Cc1ccc[nH]1)c1cn(-c2ccc(Cl)cc2)nn1. The summed E-state index contributed by atoms with van der Waals surface area (Å²) in [7, 11) is 0. The van der Waals surface area contributed by atoms with Crippen LogP contribution in [0.15, 0.2) is 53.9 Å². The summed E-state index contributed by atoms with van der Waals surface area (Å²) in [6.45, 7) is 0. The van der Waals surface area contributed by atoms with Crippen molar-refractivity contribution < 1.29 is 5.21 Å². The lowest BCUT2D eigenvalue weighted by atomic mass is 10.1. The standard InChI is InChI=1S/C14H12ClN5O/c15-10-3-5-12(6-4-10)20-9-14(17-19-20)13(18-21)8-11-2-1-7-16-11/h1-7,9,16,21H,8H2/b18-13+. The fourth-order valence-corrected chi connectivity index (χ4v) is 2.08. The molecule has 0 saturated heterocycles. The number of rotatable bonds is 4. The monoisotopic (exact) mass is 301 g/mol. The van der Waals surface area contributed by atoms with Gasteiger partial charge >= 0.3 is 0 Å². The zero-order valence-corrected chi connectivity index (χ0v) is 11.7. The van der Waals surface area contributed by atoms with Gasteiger partial charge in [-0.3, -0.25) is 0 Å². The van der Waals surface area contributed by atoms with E-state index in [4.69, 9.17) is 11.6 Å². The number of oxime groups is 1. The summed E-state index contributed by atoms with van der Waals surface area (Å²) in [6, 6.07) is 11.0. The summed E-state index contributed by atoms with van der Waals surface area (Å²) in [5.41, 5.74) is 2.72. The average molecular weight is 302 g/mol. The Morgan fingerprint density at radius 3 is 2.76 bits per heavy atom. The minimum atomic E-state index is 0.442. The van der Waals surface area contributed by atoms with Gasteiger partial charge in [0.25, 0.3) is 0 Å². The van der Waals surface area contributed by atoms with Gasteiger partial charge in [-0.2, -0.15) is 0 Å². The van der Waals surface area contributed by atoms with Gasteiger partial charge in [0.2, 0.25) is 0 Å². The van der Waals surface area contributed by atoms with Crippen molar-refractivity contribution in [2.45, 2.75) is 6.42 Å². The highest BCUT2D eigenvalue weighted by Crippen LogP contribution is 2.13. The van der Waals surface area contributed by atoms with Crippen LogP contribution >= 0.6 is 11.6 Å². The number of hydrogen-bond acceptors (Lipinski definition) is 4. The smallest absolute Gasteiger partial charge is 0.131 e. The molecule has 2 aromatic heterocycles. The maximum atomic E-state index is 9.17. The van der Waals surface area contributed by atoms with E-state index in [1.165, 1.54) is 0 Å². The van der Waals surface area contributed by atoms with Gasteiger partial charge in [-0.05, 0) is 36.4 Å². The molecule has 0 unspecified atom stereocenters. The van der Waals surface area contributed by atoms with Crippen LogP contribution in [0.25, 0.3) is 5.69 Å². The molecule has 0 amide bonds. The van der Waals surface area contributed by atoms with Crippen molar-refractivity contribution in [3.63, 3.8) is 0 Å². The van der Waals surface area contributed by atoms with E-state index in [1.807, 2.05) is 30.5 Å². The second-order valence-electron chi connectivity index (χ2n) is 4.44. The Hall–Kier alpha value is -2.60. The Kier molecular flexibility index (Phi) is 3.70. The van der Waals surface area contributed by atoms with E-state index in [2.05, 4.69) is 20.5 Å². The first-order chi connectivity index (χ1) is 10.3. The van der Waals surface area contributed by atoms with Crippen LogP contribution in [0.4, 0.5) is 0 Å². The molecule has 0 saturated carbocycles. The zero-order chi connectivity index (χ0) is 14.7. The third-order valence-electron chi connectivity index (χ3n) is 3.02. The molecule has 21 heavy (non-hydrogen) atoms. The number of H-pyrrole nitrogens is 1. The highest BCUT2D eigenvalue weighted by atomic mass is 35.5. The van der Waals surface area contributed by atoms with E-state index in [0.29, 0.717) is 22.8 Å². The van der Waals surface area contributed by atoms with Crippen LogP contribution in [0.1, 0.15) is 11.4 Å². The van der Waals surface area contributed by atoms with Crippen LogP contribution in [0.2, 0.25) is 5.02 Å². The molecular weight excluding hydrogens is 290 g/mol. The Balaban J connectivity index is 1.85. The minimum Gasteiger partial charge on any atom is -0.411 e. The van der Waals surface area contributed by atoms with Crippen LogP contribution < -0.4 is 0 Å². The molecule has 1 aromatic carbocycles. The third-order valence-corrected chi connectivity index (χ3v) is 3.27. The average Bonchev–Trinajstić information content (AvgIpc) is 3.17. The molecule has 0 radical (unpaired) electrons. The second kappa shape index (κ2) is 5.80. The summed E-state index contributed by atoms with van der Waals surface area (Å²) in [6.07, 6.45) is 3.97. The fourth-order valence-electron chi connectivity index (χ4n) is 1.95. The van der Waals surface area contributed by atoms with Gasteiger partial charge in [0.15, 0.2) is 0 Å². The Bertz CT molecular complexity index is 746. The predicted molar refractivity (Wildman–Crippen MR) is 79.2 cm³/mol. The topological polar surface area (TPSA) is 79.1 Å². The summed E-state index contributed by atoms with van der Waals surface area (Å²) >= 11 is 5.86. The Labute approximate surface area is 125 Å². The molecular formula is C14H12ClN5O. The first-order valence-electron chi connectivity index (χ1n) is 6.28. The number of nitrogens with zero attached hydrogens (tertiary/aromatic N) is 4. The largest absolute Gasteiger partial charge is 0.411 e. The molecule has 3 rings (SSSR count). The normalized spacial score (nSPS) is 11.8. The van der Waals surface area contributed by atoms with E-state index in [9.17, 15) is 5.21 Å². The maximum Gasteiger partial charge on any atom is 0.131 e. The van der Waals surface area contributed by atoms with Gasteiger partial charge < -0.3 is 10.2 Å². The van der Waals surface area contributed by atoms with Crippen molar-refractivity contribution in [1.29, 1.82) is 0 Å². The molecule has 2 N–H and O–H groups in total. The first kappa shape index (κ1) is 13.4. The van der Waals surface area contributed by atoms with Crippen molar-refractivity contribution in [2.75, 3.05) is 0 Å². The Morgan fingerprint density at radius 2 is 2.10 bits per heavy atom. The molecule has 0 atom stereocenters. The van der Waals surface area contributed by atoms with Crippen LogP contribution in [0.3, 0.4) is 0 Å². The summed E-state index contributed by atoms with van der Waals surface area (Å²) in [5, 5.41) is 21.2. The van der Waals surface area contributed by atoms with Crippen molar-refractivity contribution in [3.05, 3.63) is 65.2 Å². The van der Waals surface area contributed by atoms with Gasteiger partial charge in [-0.1, -0.05) is 22.0 Å². The highest BCUT2D eigenvalue weighted by Gasteiger charge is 2.12. The van der Waals surface area contributed by atoms with E-state index < -0.39 is 0 Å². The molecule has 0 aliphatic heterocycles. The van der Waals surface area contributed by atoms with Gasteiger partial charge in [0, 0.05) is 23.3 Å². The number of hydrogen-bond donors (Lipinski definition) is 2. The molecule has 3 aromatic rings. The molecule has 6 nitrogen and oxygen atoms in total. The van der Waals surface area contributed by atoms with E-state index in [-0.39, 0.29) is 0 Å². The number of aromatic nitrogens is 4. The lowest BCUT2D eigenvalue weighted by Crippen LogP contribution is -2.06. The number of halogens is 1. The number of aromatic amines is 1. The quantitative estimate of drug-likeness (QED) is 0.442. The van der Waals surface area contributed by atoms with Gasteiger partial charge in [0.1, 0.15) is 11.4 Å². The van der Waals surface area contributed by atoms with E-state index in [1.54, 1.807) is 23.0 Å². The Morgan fingerprint density at radius 1 is 1.29 bits per heavy atom. The van der Waals surface area contributed by atoms with Crippen molar-refractivity contribution in [3.8, 4) is 5.69 Å². The van der Waals surface area contributed by atoms with Crippen LogP contribution in [0.5, 0.6) is 0 Å². The van der Waals surface area contributed by atoms with Crippen molar-refractivity contribution in [2.24, 2.45) is 5.16 Å². The second-order valence-corrected chi connectivity index (χ2v) is 4.88. The van der Waals surface area contributed by atoms with Gasteiger partial charge in [-0.25, -0.2) is 4.68 Å². The van der Waals surface area contributed by atoms with Gasteiger partial charge in [0.05, 0.1) is 11.9 Å².